The maximum atomic E-state index is 13.0. The number of nitrogens with one attached hydrogen (secondary N) is 2. The SMILES string of the molecule is CCN(CC)C1=NC(=O)[C@H](CC(=O)Nc2cccc(C(=O)Nc3ccc(F)cc3)c2)S1. The lowest BCUT2D eigenvalue weighted by atomic mass is 10.1. The number of benzene rings is 2. The van der Waals surface area contributed by atoms with Crippen molar-refractivity contribution in [2.45, 2.75) is 25.5 Å². The van der Waals surface area contributed by atoms with E-state index >= 15 is 0 Å². The Kier molecular flexibility index (Phi) is 7.41. The van der Waals surface area contributed by atoms with Gasteiger partial charge in [-0.1, -0.05) is 17.8 Å². The van der Waals surface area contributed by atoms with Gasteiger partial charge in [-0.3, -0.25) is 14.4 Å². The lowest BCUT2D eigenvalue weighted by Crippen LogP contribution is -2.27. The number of rotatable bonds is 7. The Morgan fingerprint density at radius 1 is 1.06 bits per heavy atom. The molecule has 0 saturated heterocycles. The second-order valence-electron chi connectivity index (χ2n) is 6.81. The zero-order valence-electron chi connectivity index (χ0n) is 17.2. The smallest absolute Gasteiger partial charge is 0.262 e. The molecule has 7 nitrogen and oxygen atoms in total. The fourth-order valence-corrected chi connectivity index (χ4v) is 4.19. The van der Waals surface area contributed by atoms with Crippen LogP contribution in [0, 0.1) is 5.82 Å². The number of amides is 3. The van der Waals surface area contributed by atoms with Crippen molar-refractivity contribution in [1.29, 1.82) is 0 Å². The Labute approximate surface area is 184 Å². The van der Waals surface area contributed by atoms with Crippen LogP contribution in [0.4, 0.5) is 15.8 Å². The zero-order chi connectivity index (χ0) is 22.4. The highest BCUT2D eigenvalue weighted by Crippen LogP contribution is 2.27. The van der Waals surface area contributed by atoms with E-state index in [2.05, 4.69) is 15.6 Å². The molecule has 0 spiro atoms. The molecule has 2 aromatic rings. The van der Waals surface area contributed by atoms with Gasteiger partial charge in [0.1, 0.15) is 11.1 Å². The molecule has 3 amide bonds. The van der Waals surface area contributed by atoms with E-state index in [9.17, 15) is 18.8 Å². The average Bonchev–Trinajstić information content (AvgIpc) is 3.10. The molecule has 0 bridgehead atoms. The minimum absolute atomic E-state index is 0.0101. The number of carbonyl (C=O) groups is 3. The quantitative estimate of drug-likeness (QED) is 0.682. The van der Waals surface area contributed by atoms with E-state index < -0.39 is 11.1 Å². The summed E-state index contributed by atoms with van der Waals surface area (Å²) in [5.41, 5.74) is 1.24. The van der Waals surface area contributed by atoms with E-state index in [-0.39, 0.29) is 24.1 Å². The van der Waals surface area contributed by atoms with Crippen LogP contribution in [0.2, 0.25) is 0 Å². The van der Waals surface area contributed by atoms with Crippen LogP contribution >= 0.6 is 11.8 Å². The molecule has 2 aromatic carbocycles. The lowest BCUT2D eigenvalue weighted by Gasteiger charge is -2.19. The van der Waals surface area contributed by atoms with E-state index in [4.69, 9.17) is 0 Å². The highest BCUT2D eigenvalue weighted by molar-refractivity contribution is 8.15. The van der Waals surface area contributed by atoms with Crippen molar-refractivity contribution in [2.75, 3.05) is 23.7 Å². The summed E-state index contributed by atoms with van der Waals surface area (Å²) in [5, 5.41) is 5.49. The number of hydrogen-bond donors (Lipinski definition) is 2. The third-order valence-corrected chi connectivity index (χ3v) is 5.86. The Morgan fingerprint density at radius 2 is 1.77 bits per heavy atom. The fourth-order valence-electron chi connectivity index (χ4n) is 2.99. The van der Waals surface area contributed by atoms with Gasteiger partial charge in [0.2, 0.25) is 5.91 Å². The Bertz CT molecular complexity index is 1010. The van der Waals surface area contributed by atoms with Crippen molar-refractivity contribution in [1.82, 2.24) is 4.90 Å². The summed E-state index contributed by atoms with van der Waals surface area (Å²) in [4.78, 5) is 43.1. The first kappa shape index (κ1) is 22.5. The third kappa shape index (κ3) is 5.91. The summed E-state index contributed by atoms with van der Waals surface area (Å²) in [7, 11) is 0. The van der Waals surface area contributed by atoms with Crippen LogP contribution in [0.25, 0.3) is 0 Å². The average molecular weight is 443 g/mol. The number of anilines is 2. The van der Waals surface area contributed by atoms with Crippen LogP contribution in [0.3, 0.4) is 0 Å². The number of thioether (sulfide) groups is 1. The lowest BCUT2D eigenvalue weighted by molar-refractivity contribution is -0.121. The van der Waals surface area contributed by atoms with E-state index in [1.54, 1.807) is 18.2 Å². The van der Waals surface area contributed by atoms with Gasteiger partial charge < -0.3 is 15.5 Å². The molecule has 162 valence electrons. The summed E-state index contributed by atoms with van der Waals surface area (Å²) in [6.07, 6.45) is -0.0101. The van der Waals surface area contributed by atoms with Crippen molar-refractivity contribution in [2.24, 2.45) is 4.99 Å². The molecular formula is C22H23FN4O3S. The second kappa shape index (κ2) is 10.2. The fraction of sp³-hybridized carbons (Fsp3) is 0.273. The Morgan fingerprint density at radius 3 is 2.45 bits per heavy atom. The van der Waals surface area contributed by atoms with E-state index in [0.29, 0.717) is 22.1 Å². The molecule has 3 rings (SSSR count). The number of halogens is 1. The van der Waals surface area contributed by atoms with Gasteiger partial charge in [-0.2, -0.15) is 4.99 Å². The third-order valence-electron chi connectivity index (χ3n) is 4.64. The van der Waals surface area contributed by atoms with Crippen LogP contribution in [0.5, 0.6) is 0 Å². The molecule has 31 heavy (non-hydrogen) atoms. The van der Waals surface area contributed by atoms with E-state index in [1.807, 2.05) is 18.7 Å². The summed E-state index contributed by atoms with van der Waals surface area (Å²) < 4.78 is 13.0. The maximum Gasteiger partial charge on any atom is 0.262 e. The number of nitrogens with zero attached hydrogens (tertiary/aromatic N) is 2. The predicted octanol–water partition coefficient (Wildman–Crippen LogP) is 3.75. The first-order valence-corrected chi connectivity index (χ1v) is 10.8. The van der Waals surface area contributed by atoms with Gasteiger partial charge in [-0.15, -0.1) is 0 Å². The van der Waals surface area contributed by atoms with Crippen LogP contribution < -0.4 is 10.6 Å². The molecule has 1 aliphatic heterocycles. The number of carbonyl (C=O) groups excluding carboxylic acids is 3. The van der Waals surface area contributed by atoms with Gasteiger partial charge in [0.05, 0.1) is 0 Å². The topological polar surface area (TPSA) is 90.9 Å². The molecule has 0 aromatic heterocycles. The molecule has 0 saturated carbocycles. The van der Waals surface area contributed by atoms with Crippen LogP contribution in [0.15, 0.2) is 53.5 Å². The summed E-state index contributed by atoms with van der Waals surface area (Å²) in [6, 6.07) is 11.9. The highest BCUT2D eigenvalue weighted by atomic mass is 32.2. The van der Waals surface area contributed by atoms with E-state index in [1.165, 1.54) is 42.1 Å². The molecule has 0 unspecified atom stereocenters. The summed E-state index contributed by atoms with van der Waals surface area (Å²) >= 11 is 1.30. The van der Waals surface area contributed by atoms with Gasteiger partial charge in [0.15, 0.2) is 5.17 Å². The summed E-state index contributed by atoms with van der Waals surface area (Å²) in [5.74, 6) is -1.43. The largest absolute Gasteiger partial charge is 0.352 e. The normalized spacial score (nSPS) is 15.4. The minimum Gasteiger partial charge on any atom is -0.352 e. The van der Waals surface area contributed by atoms with Gasteiger partial charge in [0.25, 0.3) is 11.8 Å². The van der Waals surface area contributed by atoms with Crippen molar-refractivity contribution in [3.8, 4) is 0 Å². The van der Waals surface area contributed by atoms with Crippen molar-refractivity contribution >= 4 is 46.0 Å². The molecule has 9 heteroatoms. The molecule has 0 aliphatic carbocycles. The first-order chi connectivity index (χ1) is 14.9. The molecule has 2 N–H and O–H groups in total. The number of aliphatic imine (C=N–C) groups is 1. The van der Waals surface area contributed by atoms with Gasteiger partial charge in [-0.25, -0.2) is 4.39 Å². The Balaban J connectivity index is 1.58. The maximum absolute atomic E-state index is 13.0. The Hall–Kier alpha value is -3.20. The molecule has 1 aliphatic rings. The standard InChI is InChI=1S/C22H23FN4O3S/c1-3-27(4-2)22-26-21(30)18(31-22)13-19(28)24-17-7-5-6-14(12-17)20(29)25-16-10-8-15(23)9-11-16/h5-12,18H,3-4,13H2,1-2H3,(H,24,28)(H,25,29)/t18-/m0/s1. The van der Waals surface area contributed by atoms with Crippen molar-refractivity contribution in [3.63, 3.8) is 0 Å². The monoisotopic (exact) mass is 442 g/mol. The second-order valence-corrected chi connectivity index (χ2v) is 7.98. The van der Waals surface area contributed by atoms with Gasteiger partial charge in [0, 0.05) is 36.4 Å². The summed E-state index contributed by atoms with van der Waals surface area (Å²) in [6.45, 7) is 5.44. The minimum atomic E-state index is -0.555. The molecule has 0 radical (unpaired) electrons. The van der Waals surface area contributed by atoms with Crippen molar-refractivity contribution < 1.29 is 18.8 Å². The van der Waals surface area contributed by atoms with Crippen molar-refractivity contribution in [3.05, 3.63) is 59.9 Å². The van der Waals surface area contributed by atoms with Crippen LogP contribution in [0.1, 0.15) is 30.6 Å². The van der Waals surface area contributed by atoms with Gasteiger partial charge >= 0.3 is 0 Å². The predicted molar refractivity (Wildman–Crippen MR) is 121 cm³/mol. The number of amidine groups is 1. The molecule has 1 atom stereocenters. The molecule has 1 heterocycles. The van der Waals surface area contributed by atoms with Crippen LogP contribution in [-0.4, -0.2) is 46.1 Å². The van der Waals surface area contributed by atoms with Crippen LogP contribution in [-0.2, 0) is 9.59 Å². The molecular weight excluding hydrogens is 419 g/mol. The number of hydrogen-bond acceptors (Lipinski definition) is 5. The van der Waals surface area contributed by atoms with E-state index in [0.717, 1.165) is 13.1 Å². The highest BCUT2D eigenvalue weighted by Gasteiger charge is 2.32. The van der Waals surface area contributed by atoms with Gasteiger partial charge in [-0.05, 0) is 56.3 Å². The first-order valence-electron chi connectivity index (χ1n) is 9.90. The zero-order valence-corrected chi connectivity index (χ0v) is 18.0. The molecule has 0 fully saturated rings.